The highest BCUT2D eigenvalue weighted by molar-refractivity contribution is 6.02. The Hall–Kier alpha value is -1.46. The Bertz CT molecular complexity index is 543. The first-order valence-electron chi connectivity index (χ1n) is 8.15. The molecule has 0 aromatic heterocycles. The van der Waals surface area contributed by atoms with Gasteiger partial charge in [0.15, 0.2) is 5.78 Å². The Labute approximate surface area is 130 Å². The van der Waals surface area contributed by atoms with Crippen LogP contribution in [0.15, 0.2) is 18.2 Å². The zero-order valence-electron chi connectivity index (χ0n) is 12.8. The molecule has 0 aliphatic carbocycles. The molecule has 22 heavy (non-hydrogen) atoms. The van der Waals surface area contributed by atoms with E-state index in [-0.39, 0.29) is 17.9 Å². The van der Waals surface area contributed by atoms with E-state index >= 15 is 0 Å². The summed E-state index contributed by atoms with van der Waals surface area (Å²) in [6, 6.07) is 4.02. The van der Waals surface area contributed by atoms with Gasteiger partial charge in [0, 0.05) is 23.7 Å². The third-order valence-electron chi connectivity index (χ3n) is 4.78. The van der Waals surface area contributed by atoms with Crippen LogP contribution in [0.4, 0.5) is 10.1 Å². The number of benzene rings is 1. The molecule has 2 aliphatic heterocycles. The summed E-state index contributed by atoms with van der Waals surface area (Å²) in [7, 11) is 0. The topological polar surface area (TPSA) is 60.4 Å². The van der Waals surface area contributed by atoms with E-state index in [2.05, 4.69) is 10.2 Å². The van der Waals surface area contributed by atoms with Crippen LogP contribution in [0.3, 0.4) is 0 Å². The first kappa shape index (κ1) is 15.4. The van der Waals surface area contributed by atoms with Crippen LogP contribution in [0.2, 0.25) is 0 Å². The number of piperidine rings is 2. The molecule has 4 nitrogen and oxygen atoms in total. The summed E-state index contributed by atoms with van der Waals surface area (Å²) in [6.07, 6.45) is 5.31. The number of ketones is 1. The van der Waals surface area contributed by atoms with Gasteiger partial charge in [0.2, 0.25) is 0 Å². The molecule has 2 saturated heterocycles. The van der Waals surface area contributed by atoms with Gasteiger partial charge in [-0.25, -0.2) is 9.71 Å². The van der Waals surface area contributed by atoms with E-state index in [0.29, 0.717) is 17.8 Å². The molecule has 2 atom stereocenters. The predicted octanol–water partition coefficient (Wildman–Crippen LogP) is 2.42. The largest absolute Gasteiger partial charge is 0.398 e. The Balaban J connectivity index is 1.71. The highest BCUT2D eigenvalue weighted by Crippen LogP contribution is 2.27. The molecule has 2 unspecified atom stereocenters. The van der Waals surface area contributed by atoms with Crippen molar-refractivity contribution in [1.29, 1.82) is 0 Å². The van der Waals surface area contributed by atoms with E-state index in [1.807, 2.05) is 0 Å². The van der Waals surface area contributed by atoms with Gasteiger partial charge in [-0.1, -0.05) is 6.42 Å². The van der Waals surface area contributed by atoms with E-state index in [4.69, 9.17) is 5.73 Å². The molecule has 119 valence electrons. The normalized spacial score (nSPS) is 26.8. The average molecular weight is 304 g/mol. The number of carbonyl (C=O) groups excluding carboxylic acids is 1. The van der Waals surface area contributed by atoms with Crippen molar-refractivity contribution >= 4 is 11.5 Å². The molecule has 0 amide bonds. The zero-order chi connectivity index (χ0) is 15.5. The molecule has 1 radical (unpaired) electrons. The van der Waals surface area contributed by atoms with Gasteiger partial charge in [-0.2, -0.15) is 0 Å². The highest BCUT2D eigenvalue weighted by Gasteiger charge is 2.32. The van der Waals surface area contributed by atoms with Gasteiger partial charge < -0.3 is 5.73 Å². The van der Waals surface area contributed by atoms with Crippen LogP contribution in [-0.4, -0.2) is 36.5 Å². The molecule has 2 fully saturated rings. The van der Waals surface area contributed by atoms with Gasteiger partial charge in [0.25, 0.3) is 0 Å². The first-order valence-corrected chi connectivity index (χ1v) is 8.15. The van der Waals surface area contributed by atoms with Crippen molar-refractivity contribution < 1.29 is 9.18 Å². The molecule has 1 aromatic rings. The molecule has 5 heteroatoms. The number of Topliss-reactive ketones (excluding diaryl/α,β-unsaturated/α-hetero) is 1. The second-order valence-corrected chi connectivity index (χ2v) is 6.30. The van der Waals surface area contributed by atoms with Gasteiger partial charge in [0.1, 0.15) is 5.82 Å². The van der Waals surface area contributed by atoms with Gasteiger partial charge >= 0.3 is 0 Å². The van der Waals surface area contributed by atoms with Crippen LogP contribution < -0.4 is 11.1 Å². The van der Waals surface area contributed by atoms with E-state index in [0.717, 1.165) is 25.9 Å². The summed E-state index contributed by atoms with van der Waals surface area (Å²) < 4.78 is 13.4. The maximum absolute atomic E-state index is 13.4. The fourth-order valence-electron chi connectivity index (χ4n) is 3.51. The lowest BCUT2D eigenvalue weighted by Crippen LogP contribution is -2.49. The summed E-state index contributed by atoms with van der Waals surface area (Å²) in [5, 5.41) is 4.69. The van der Waals surface area contributed by atoms with E-state index in [9.17, 15) is 9.18 Å². The minimum Gasteiger partial charge on any atom is -0.398 e. The van der Waals surface area contributed by atoms with Gasteiger partial charge in [-0.05, 0) is 57.0 Å². The van der Waals surface area contributed by atoms with Gasteiger partial charge in [0.05, 0.1) is 6.17 Å². The predicted molar refractivity (Wildman–Crippen MR) is 84.1 cm³/mol. The number of nitrogens with two attached hydrogens (primary N) is 1. The number of likely N-dealkylation sites (tertiary alicyclic amines) is 1. The Kier molecular flexibility index (Phi) is 4.74. The van der Waals surface area contributed by atoms with E-state index < -0.39 is 5.82 Å². The van der Waals surface area contributed by atoms with Crippen molar-refractivity contribution in [3.8, 4) is 0 Å². The number of carbonyl (C=O) groups is 1. The maximum Gasteiger partial charge on any atom is 0.168 e. The lowest BCUT2D eigenvalue weighted by molar-refractivity contribution is 0.0692. The highest BCUT2D eigenvalue weighted by atomic mass is 19.1. The number of halogens is 1. The molecule has 1 aromatic carbocycles. The van der Waals surface area contributed by atoms with Gasteiger partial charge in [-0.15, -0.1) is 0 Å². The van der Waals surface area contributed by atoms with Crippen molar-refractivity contribution in [1.82, 2.24) is 10.2 Å². The second kappa shape index (κ2) is 6.75. The monoisotopic (exact) mass is 304 g/mol. The fourth-order valence-corrected chi connectivity index (χ4v) is 3.51. The zero-order valence-corrected chi connectivity index (χ0v) is 12.8. The number of nitrogen functional groups attached to an aromatic ring is 1. The molecule has 2 aliphatic rings. The smallest absolute Gasteiger partial charge is 0.168 e. The molecule has 0 saturated carbocycles. The number of rotatable bonds is 3. The molecular weight excluding hydrogens is 281 g/mol. The fraction of sp³-hybridized carbons (Fsp3) is 0.588. The molecule has 3 rings (SSSR count). The van der Waals surface area contributed by atoms with Crippen molar-refractivity contribution in [2.75, 3.05) is 25.4 Å². The van der Waals surface area contributed by atoms with Crippen LogP contribution in [0.25, 0.3) is 0 Å². The van der Waals surface area contributed by atoms with Crippen LogP contribution >= 0.6 is 0 Å². The number of hydrogen-bond acceptors (Lipinski definition) is 3. The van der Waals surface area contributed by atoms with E-state index in [1.165, 1.54) is 37.5 Å². The quantitative estimate of drug-likeness (QED) is 0.689. The van der Waals surface area contributed by atoms with E-state index in [1.54, 1.807) is 0 Å². The number of nitrogens with zero attached hydrogens (tertiary/aromatic N) is 2. The maximum atomic E-state index is 13.4. The summed E-state index contributed by atoms with van der Waals surface area (Å²) >= 11 is 0. The molecule has 0 spiro atoms. The number of anilines is 1. The second-order valence-electron chi connectivity index (χ2n) is 6.30. The summed E-state index contributed by atoms with van der Waals surface area (Å²) in [4.78, 5) is 15.1. The molecule has 2 heterocycles. The SMILES string of the molecule is Nc1ccc(F)cc1C(=O)C1CC[N]C(N2CCCCC2)C1. The van der Waals surface area contributed by atoms with Gasteiger partial charge in [-0.3, -0.25) is 9.69 Å². The average Bonchev–Trinajstić information content (AvgIpc) is 2.57. The molecular formula is C17H23FN3O. The third kappa shape index (κ3) is 3.31. The molecule has 2 N–H and O–H groups in total. The summed E-state index contributed by atoms with van der Waals surface area (Å²) in [5.41, 5.74) is 6.54. The van der Waals surface area contributed by atoms with Crippen molar-refractivity contribution in [3.63, 3.8) is 0 Å². The van der Waals surface area contributed by atoms with Crippen molar-refractivity contribution in [2.24, 2.45) is 5.92 Å². The minimum absolute atomic E-state index is 0.0334. The summed E-state index contributed by atoms with van der Waals surface area (Å²) in [5.74, 6) is -0.548. The summed E-state index contributed by atoms with van der Waals surface area (Å²) in [6.45, 7) is 2.83. The number of hydrogen-bond donors (Lipinski definition) is 1. The van der Waals surface area contributed by atoms with Crippen LogP contribution in [0, 0.1) is 11.7 Å². The standard InChI is InChI=1S/C17H23FN3O/c18-13-4-5-15(19)14(11-13)17(22)12-6-7-20-16(10-12)21-8-2-1-3-9-21/h4-5,11-12,16H,1-3,6-10,19H2. The van der Waals surface area contributed by atoms with Crippen molar-refractivity contribution in [2.45, 2.75) is 38.3 Å². The Morgan fingerprint density at radius 1 is 1.27 bits per heavy atom. The van der Waals surface area contributed by atoms with Crippen LogP contribution in [0.5, 0.6) is 0 Å². The Morgan fingerprint density at radius 2 is 2.05 bits per heavy atom. The van der Waals surface area contributed by atoms with Crippen LogP contribution in [-0.2, 0) is 0 Å². The minimum atomic E-state index is -0.411. The molecule has 0 bridgehead atoms. The lowest BCUT2D eigenvalue weighted by atomic mass is 9.87. The first-order chi connectivity index (χ1) is 10.6. The van der Waals surface area contributed by atoms with Crippen molar-refractivity contribution in [3.05, 3.63) is 29.6 Å². The Morgan fingerprint density at radius 3 is 2.82 bits per heavy atom. The van der Waals surface area contributed by atoms with Crippen LogP contribution in [0.1, 0.15) is 42.5 Å². The lowest BCUT2D eigenvalue weighted by Gasteiger charge is -2.38. The third-order valence-corrected chi connectivity index (χ3v) is 4.78.